The van der Waals surface area contributed by atoms with Crippen LogP contribution in [0.4, 0.5) is 0 Å². The molecule has 0 unspecified atom stereocenters. The van der Waals surface area contributed by atoms with Gasteiger partial charge < -0.3 is 14.2 Å². The zero-order valence-electron chi connectivity index (χ0n) is 15.2. The number of carbonyl (C=O) groups is 1. The van der Waals surface area contributed by atoms with Crippen molar-refractivity contribution in [1.29, 1.82) is 0 Å². The normalized spacial score (nSPS) is 23.3. The van der Waals surface area contributed by atoms with Gasteiger partial charge in [-0.3, -0.25) is 0 Å². The molecule has 9 heteroatoms. The van der Waals surface area contributed by atoms with E-state index in [0.29, 0.717) is 42.6 Å². The van der Waals surface area contributed by atoms with Crippen molar-refractivity contribution in [3.05, 3.63) is 17.2 Å². The van der Waals surface area contributed by atoms with Crippen LogP contribution in [-0.2, 0) is 25.5 Å². The molecule has 0 aromatic carbocycles. The molecule has 3 rings (SSSR count). The lowest BCUT2D eigenvalue weighted by Gasteiger charge is -2.36. The van der Waals surface area contributed by atoms with Crippen LogP contribution in [0.2, 0.25) is 5.15 Å². The van der Waals surface area contributed by atoms with Crippen molar-refractivity contribution in [2.75, 3.05) is 27.9 Å². The van der Waals surface area contributed by atoms with E-state index in [9.17, 15) is 4.79 Å². The van der Waals surface area contributed by atoms with Crippen LogP contribution in [0.1, 0.15) is 37.4 Å². The molecule has 1 aliphatic carbocycles. The maximum Gasteiger partial charge on any atom is 0.338 e. The molecule has 2 aromatic rings. The smallest absolute Gasteiger partial charge is 0.338 e. The molecule has 0 spiro atoms. The summed E-state index contributed by atoms with van der Waals surface area (Å²) in [6, 6.07) is 0. The maximum absolute atomic E-state index is 12.1. The zero-order chi connectivity index (χ0) is 18.7. The van der Waals surface area contributed by atoms with Crippen LogP contribution < -0.4 is 0 Å². The lowest BCUT2D eigenvalue weighted by atomic mass is 9.78. The van der Waals surface area contributed by atoms with Gasteiger partial charge in [0, 0.05) is 20.1 Å². The number of hydrogen-bond acceptors (Lipinski definition) is 7. The predicted molar refractivity (Wildman–Crippen MR) is 95.2 cm³/mol. The molecule has 1 saturated carbocycles. The highest BCUT2D eigenvalue weighted by molar-refractivity contribution is 6.33. The van der Waals surface area contributed by atoms with Gasteiger partial charge in [0.2, 0.25) is 0 Å². The number of nitrogens with zero attached hydrogens (tertiary/aromatic N) is 4. The van der Waals surface area contributed by atoms with Gasteiger partial charge in [0.15, 0.2) is 11.2 Å². The van der Waals surface area contributed by atoms with Gasteiger partial charge in [-0.05, 0) is 25.7 Å². The third-order valence-corrected chi connectivity index (χ3v) is 5.37. The molecule has 0 N–H and O–H groups in total. The Hall–Kier alpha value is -1.77. The number of methoxy groups -OCH3 is 3. The zero-order valence-corrected chi connectivity index (χ0v) is 16.0. The Kier molecular flexibility index (Phi) is 5.74. The van der Waals surface area contributed by atoms with E-state index < -0.39 is 5.60 Å². The van der Waals surface area contributed by atoms with Crippen molar-refractivity contribution in [1.82, 2.24) is 19.7 Å². The van der Waals surface area contributed by atoms with Gasteiger partial charge in [0.1, 0.15) is 11.0 Å². The summed E-state index contributed by atoms with van der Waals surface area (Å²) in [7, 11) is 4.57. The molecule has 0 aliphatic heterocycles. The summed E-state index contributed by atoms with van der Waals surface area (Å²) in [5, 5.41) is 5.44. The van der Waals surface area contributed by atoms with E-state index in [1.807, 2.05) is 0 Å². The number of carbonyl (C=O) groups excluding carboxylic acids is 1. The minimum absolute atomic E-state index is 0.107. The molecule has 1 fully saturated rings. The minimum atomic E-state index is -0.876. The highest BCUT2D eigenvalue weighted by Gasteiger charge is 2.44. The van der Waals surface area contributed by atoms with Gasteiger partial charge in [-0.1, -0.05) is 11.6 Å². The molecule has 8 nitrogen and oxygen atoms in total. The van der Waals surface area contributed by atoms with E-state index in [1.165, 1.54) is 7.11 Å². The first kappa shape index (κ1) is 19.0. The van der Waals surface area contributed by atoms with Gasteiger partial charge in [-0.15, -0.1) is 0 Å². The van der Waals surface area contributed by atoms with Crippen molar-refractivity contribution in [3.8, 4) is 0 Å². The lowest BCUT2D eigenvalue weighted by molar-refractivity contribution is -0.170. The molecule has 26 heavy (non-hydrogen) atoms. The third-order valence-electron chi connectivity index (χ3n) is 5.08. The van der Waals surface area contributed by atoms with Crippen molar-refractivity contribution in [3.63, 3.8) is 0 Å². The topological polar surface area (TPSA) is 88.4 Å². The fourth-order valence-corrected chi connectivity index (χ4v) is 3.70. The van der Waals surface area contributed by atoms with Gasteiger partial charge in [-0.25, -0.2) is 19.4 Å². The Bertz CT molecular complexity index is 786. The molecular weight excluding hydrogens is 360 g/mol. The number of fused-ring (bicyclic) bond motifs is 1. The van der Waals surface area contributed by atoms with E-state index in [4.69, 9.17) is 30.8 Å². The molecular formula is C17H23ClN4O4. The molecule has 2 aromatic heterocycles. The van der Waals surface area contributed by atoms with Gasteiger partial charge in [0.05, 0.1) is 31.8 Å². The molecule has 0 atom stereocenters. The Morgan fingerprint density at radius 1 is 1.31 bits per heavy atom. The summed E-state index contributed by atoms with van der Waals surface area (Å²) in [4.78, 5) is 21.3. The quantitative estimate of drug-likeness (QED) is 0.559. The summed E-state index contributed by atoms with van der Waals surface area (Å²) in [6.07, 6.45) is 4.23. The van der Waals surface area contributed by atoms with Crippen LogP contribution in [-0.4, -0.2) is 59.3 Å². The number of esters is 1. The summed E-state index contributed by atoms with van der Waals surface area (Å²) in [5.41, 5.74) is -0.173. The molecule has 0 bridgehead atoms. The Morgan fingerprint density at radius 2 is 2.04 bits per heavy atom. The van der Waals surface area contributed by atoms with Crippen LogP contribution in [0, 0.1) is 0 Å². The summed E-state index contributed by atoms with van der Waals surface area (Å²) in [6.45, 7) is 1.12. The van der Waals surface area contributed by atoms with Gasteiger partial charge >= 0.3 is 5.97 Å². The molecule has 2 heterocycles. The first-order valence-corrected chi connectivity index (χ1v) is 8.94. The largest absolute Gasteiger partial charge is 0.467 e. The van der Waals surface area contributed by atoms with Crippen molar-refractivity contribution in [2.24, 2.45) is 0 Å². The number of aromatic nitrogens is 4. The standard InChI is InChI=1S/C17H23ClN4O4/c1-24-9-8-22-15-12(10-19-22)13(18)20-14(21-15)11-4-6-17(26-3,7-5-11)16(23)25-2/h10-11H,4-9H2,1-3H3. The van der Waals surface area contributed by atoms with E-state index in [0.717, 1.165) is 18.2 Å². The average molecular weight is 383 g/mol. The van der Waals surface area contributed by atoms with E-state index in [-0.39, 0.29) is 11.9 Å². The van der Waals surface area contributed by atoms with Crippen LogP contribution in [0.25, 0.3) is 11.0 Å². The van der Waals surface area contributed by atoms with Crippen molar-refractivity contribution in [2.45, 2.75) is 43.7 Å². The van der Waals surface area contributed by atoms with Crippen molar-refractivity contribution >= 4 is 28.6 Å². The van der Waals surface area contributed by atoms with Crippen LogP contribution in [0.15, 0.2) is 6.20 Å². The second-order valence-corrected chi connectivity index (χ2v) is 6.79. The fraction of sp³-hybridized carbons (Fsp3) is 0.647. The maximum atomic E-state index is 12.1. The number of rotatable bonds is 6. The Labute approximate surface area is 156 Å². The number of halogens is 1. The molecule has 0 radical (unpaired) electrons. The molecule has 0 amide bonds. The highest BCUT2D eigenvalue weighted by Crippen LogP contribution is 2.40. The predicted octanol–water partition coefficient (Wildman–Crippen LogP) is 2.34. The van der Waals surface area contributed by atoms with E-state index in [1.54, 1.807) is 25.1 Å². The number of hydrogen-bond donors (Lipinski definition) is 0. The lowest BCUT2D eigenvalue weighted by Crippen LogP contribution is -2.44. The second kappa shape index (κ2) is 7.85. The molecule has 1 aliphatic rings. The monoisotopic (exact) mass is 382 g/mol. The fourth-order valence-electron chi connectivity index (χ4n) is 3.48. The average Bonchev–Trinajstić information content (AvgIpc) is 3.09. The van der Waals surface area contributed by atoms with Crippen LogP contribution >= 0.6 is 11.6 Å². The Balaban J connectivity index is 1.84. The Morgan fingerprint density at radius 3 is 2.65 bits per heavy atom. The molecule has 0 saturated heterocycles. The molecule has 142 valence electrons. The van der Waals surface area contributed by atoms with E-state index >= 15 is 0 Å². The minimum Gasteiger partial charge on any atom is -0.467 e. The first-order chi connectivity index (χ1) is 12.5. The summed E-state index contributed by atoms with van der Waals surface area (Å²) >= 11 is 6.35. The third kappa shape index (κ3) is 3.41. The van der Waals surface area contributed by atoms with Crippen molar-refractivity contribution < 1.29 is 19.0 Å². The van der Waals surface area contributed by atoms with Crippen LogP contribution in [0.3, 0.4) is 0 Å². The van der Waals surface area contributed by atoms with Crippen LogP contribution in [0.5, 0.6) is 0 Å². The van der Waals surface area contributed by atoms with Gasteiger partial charge in [-0.2, -0.15) is 5.10 Å². The number of ether oxygens (including phenoxy) is 3. The summed E-state index contributed by atoms with van der Waals surface area (Å²) in [5.74, 6) is 0.456. The highest BCUT2D eigenvalue weighted by atomic mass is 35.5. The second-order valence-electron chi connectivity index (χ2n) is 6.43. The summed E-state index contributed by atoms with van der Waals surface area (Å²) < 4.78 is 17.3. The first-order valence-electron chi connectivity index (χ1n) is 8.56. The van der Waals surface area contributed by atoms with Gasteiger partial charge in [0.25, 0.3) is 0 Å². The van der Waals surface area contributed by atoms with E-state index in [2.05, 4.69) is 10.1 Å². The SMILES string of the molecule is COCCn1ncc2c(Cl)nc(C3CCC(OC)(C(=O)OC)CC3)nc21.